The summed E-state index contributed by atoms with van der Waals surface area (Å²) >= 11 is 0. The molecule has 0 amide bonds. The number of nitrogens with two attached hydrogens (primary N) is 1. The SMILES string of the molecule is CC1(C)OB(C(=Cc2cccc(F)c2F)CN)OC1(C)C. The maximum absolute atomic E-state index is 13.7. The highest BCUT2D eigenvalue weighted by Crippen LogP contribution is 2.38. The third-order valence-corrected chi connectivity index (χ3v) is 4.11. The first-order valence-corrected chi connectivity index (χ1v) is 6.88. The van der Waals surface area contributed by atoms with Crippen LogP contribution in [0.25, 0.3) is 6.08 Å². The van der Waals surface area contributed by atoms with Gasteiger partial charge < -0.3 is 15.0 Å². The summed E-state index contributed by atoms with van der Waals surface area (Å²) in [5.74, 6) is -1.80. The van der Waals surface area contributed by atoms with E-state index in [1.54, 1.807) is 0 Å². The summed E-state index contributed by atoms with van der Waals surface area (Å²) in [7, 11) is -0.664. The van der Waals surface area contributed by atoms with Gasteiger partial charge in [0.05, 0.1) is 11.2 Å². The molecule has 21 heavy (non-hydrogen) atoms. The number of rotatable bonds is 3. The van der Waals surface area contributed by atoms with E-state index in [1.807, 2.05) is 27.7 Å². The van der Waals surface area contributed by atoms with Crippen LogP contribution in [0.5, 0.6) is 0 Å². The van der Waals surface area contributed by atoms with Crippen LogP contribution in [-0.4, -0.2) is 24.9 Å². The zero-order valence-electron chi connectivity index (χ0n) is 12.7. The molecule has 6 heteroatoms. The van der Waals surface area contributed by atoms with Crippen LogP contribution >= 0.6 is 0 Å². The van der Waals surface area contributed by atoms with Crippen molar-refractivity contribution in [1.29, 1.82) is 0 Å². The molecule has 0 aliphatic carbocycles. The Morgan fingerprint density at radius 2 is 1.76 bits per heavy atom. The molecule has 1 heterocycles. The van der Waals surface area contributed by atoms with Crippen molar-refractivity contribution in [3.63, 3.8) is 0 Å². The Bertz CT molecular complexity index is 557. The topological polar surface area (TPSA) is 44.5 Å². The molecule has 0 radical (unpaired) electrons. The van der Waals surface area contributed by atoms with Crippen LogP contribution in [-0.2, 0) is 9.31 Å². The largest absolute Gasteiger partial charge is 0.491 e. The van der Waals surface area contributed by atoms with Gasteiger partial charge in [0.15, 0.2) is 11.6 Å². The lowest BCUT2D eigenvalue weighted by atomic mass is 9.77. The molecule has 2 N–H and O–H groups in total. The number of halogens is 2. The maximum Gasteiger partial charge on any atom is 0.491 e. The van der Waals surface area contributed by atoms with Crippen molar-refractivity contribution in [2.24, 2.45) is 5.73 Å². The molecule has 114 valence electrons. The van der Waals surface area contributed by atoms with Crippen LogP contribution in [0, 0.1) is 11.6 Å². The Hall–Kier alpha value is -1.24. The molecule has 0 aromatic heterocycles. The highest BCUT2D eigenvalue weighted by atomic mass is 19.2. The van der Waals surface area contributed by atoms with Crippen molar-refractivity contribution in [2.75, 3.05) is 6.54 Å². The molecule has 1 saturated heterocycles. The minimum absolute atomic E-state index is 0.130. The fraction of sp³-hybridized carbons (Fsp3) is 0.467. The number of hydrogen-bond acceptors (Lipinski definition) is 3. The van der Waals surface area contributed by atoms with Crippen LogP contribution in [0.1, 0.15) is 33.3 Å². The van der Waals surface area contributed by atoms with Gasteiger partial charge in [-0.2, -0.15) is 0 Å². The smallest absolute Gasteiger partial charge is 0.400 e. The van der Waals surface area contributed by atoms with Crippen molar-refractivity contribution < 1.29 is 18.1 Å². The molecule has 0 atom stereocenters. The summed E-state index contributed by atoms with van der Waals surface area (Å²) < 4.78 is 38.8. The summed E-state index contributed by atoms with van der Waals surface area (Å²) in [6, 6.07) is 4.01. The average molecular weight is 295 g/mol. The Morgan fingerprint density at radius 1 is 1.19 bits per heavy atom. The second-order valence-electron chi connectivity index (χ2n) is 6.15. The normalized spacial score (nSPS) is 20.9. The second kappa shape index (κ2) is 5.52. The third kappa shape index (κ3) is 3.02. The van der Waals surface area contributed by atoms with Crippen LogP contribution in [0.4, 0.5) is 8.78 Å². The van der Waals surface area contributed by atoms with Crippen LogP contribution in [0.3, 0.4) is 0 Å². The molecule has 0 unspecified atom stereocenters. The van der Waals surface area contributed by atoms with E-state index in [2.05, 4.69) is 0 Å². The summed E-state index contributed by atoms with van der Waals surface area (Å²) in [6.45, 7) is 7.81. The zero-order valence-corrected chi connectivity index (χ0v) is 12.7. The Balaban J connectivity index is 2.33. The van der Waals surface area contributed by atoms with Crippen molar-refractivity contribution >= 4 is 13.2 Å². The number of hydrogen-bond donors (Lipinski definition) is 1. The van der Waals surface area contributed by atoms with Gasteiger partial charge in [-0.05, 0) is 39.2 Å². The maximum atomic E-state index is 13.7. The molecule has 0 bridgehead atoms. The third-order valence-electron chi connectivity index (χ3n) is 4.11. The first-order valence-electron chi connectivity index (χ1n) is 6.88. The lowest BCUT2D eigenvalue weighted by Crippen LogP contribution is -2.41. The quantitative estimate of drug-likeness (QED) is 0.872. The lowest BCUT2D eigenvalue weighted by molar-refractivity contribution is 0.00578. The Morgan fingerprint density at radius 3 is 2.29 bits per heavy atom. The highest BCUT2D eigenvalue weighted by molar-refractivity contribution is 6.55. The summed E-state index contributed by atoms with van der Waals surface area (Å²) in [4.78, 5) is 0. The summed E-state index contributed by atoms with van der Waals surface area (Å²) in [5.41, 5.74) is 5.40. The van der Waals surface area contributed by atoms with Gasteiger partial charge in [0.25, 0.3) is 0 Å². The molecule has 1 fully saturated rings. The van der Waals surface area contributed by atoms with E-state index in [1.165, 1.54) is 18.2 Å². The lowest BCUT2D eigenvalue weighted by Gasteiger charge is -2.32. The van der Waals surface area contributed by atoms with Gasteiger partial charge in [-0.15, -0.1) is 0 Å². The van der Waals surface area contributed by atoms with Gasteiger partial charge in [0.2, 0.25) is 0 Å². The van der Waals surface area contributed by atoms with Gasteiger partial charge in [0, 0.05) is 12.1 Å². The second-order valence-corrected chi connectivity index (χ2v) is 6.15. The van der Waals surface area contributed by atoms with Crippen LogP contribution in [0.2, 0.25) is 0 Å². The van der Waals surface area contributed by atoms with Crippen molar-refractivity contribution in [3.8, 4) is 0 Å². The molecule has 3 nitrogen and oxygen atoms in total. The predicted octanol–water partition coefficient (Wildman–Crippen LogP) is 2.94. The molecule has 1 aromatic rings. The van der Waals surface area contributed by atoms with Crippen molar-refractivity contribution in [2.45, 2.75) is 38.9 Å². The minimum atomic E-state index is -0.903. The van der Waals surface area contributed by atoms with E-state index in [0.29, 0.717) is 5.47 Å². The van der Waals surface area contributed by atoms with E-state index in [9.17, 15) is 8.78 Å². The van der Waals surface area contributed by atoms with Crippen molar-refractivity contribution in [3.05, 3.63) is 40.9 Å². The van der Waals surface area contributed by atoms with E-state index in [-0.39, 0.29) is 12.1 Å². The van der Waals surface area contributed by atoms with Gasteiger partial charge in [0.1, 0.15) is 0 Å². The molecule has 1 aliphatic heterocycles. The molecule has 2 rings (SSSR count). The van der Waals surface area contributed by atoms with E-state index in [0.717, 1.165) is 6.07 Å². The minimum Gasteiger partial charge on any atom is -0.400 e. The number of benzene rings is 1. The molecule has 1 aromatic carbocycles. The van der Waals surface area contributed by atoms with Gasteiger partial charge in [-0.1, -0.05) is 18.2 Å². The Labute approximate surface area is 124 Å². The Kier molecular flexibility index (Phi) is 4.24. The molecule has 0 saturated carbocycles. The van der Waals surface area contributed by atoms with E-state index < -0.39 is 30.0 Å². The fourth-order valence-electron chi connectivity index (χ4n) is 2.05. The summed E-state index contributed by atoms with van der Waals surface area (Å²) in [5, 5.41) is 0. The molecular formula is C15H20BF2NO2. The van der Waals surface area contributed by atoms with E-state index >= 15 is 0 Å². The first kappa shape index (κ1) is 16.1. The predicted molar refractivity (Wildman–Crippen MR) is 79.5 cm³/mol. The first-order chi connectivity index (χ1) is 9.68. The summed E-state index contributed by atoms with van der Waals surface area (Å²) in [6.07, 6.45) is 1.49. The molecule has 1 aliphatic rings. The zero-order chi connectivity index (χ0) is 15.8. The molecular weight excluding hydrogens is 275 g/mol. The molecule has 0 spiro atoms. The van der Waals surface area contributed by atoms with Crippen LogP contribution in [0.15, 0.2) is 23.7 Å². The van der Waals surface area contributed by atoms with Crippen LogP contribution < -0.4 is 5.73 Å². The van der Waals surface area contributed by atoms with Gasteiger partial charge >= 0.3 is 7.12 Å². The van der Waals surface area contributed by atoms with E-state index in [4.69, 9.17) is 15.0 Å². The monoisotopic (exact) mass is 295 g/mol. The highest BCUT2D eigenvalue weighted by Gasteiger charge is 2.52. The standard InChI is InChI=1S/C15H20BF2NO2/c1-14(2)15(3,4)21-16(20-14)11(9-19)8-10-6-5-7-12(17)13(10)18/h5-8H,9,19H2,1-4H3. The average Bonchev–Trinajstić information content (AvgIpc) is 2.60. The fourth-order valence-corrected chi connectivity index (χ4v) is 2.05. The van der Waals surface area contributed by atoms with Crippen molar-refractivity contribution in [1.82, 2.24) is 0 Å². The van der Waals surface area contributed by atoms with Gasteiger partial charge in [-0.3, -0.25) is 0 Å². The van der Waals surface area contributed by atoms with Gasteiger partial charge in [-0.25, -0.2) is 8.78 Å².